The summed E-state index contributed by atoms with van der Waals surface area (Å²) in [6.45, 7) is 0. The minimum atomic E-state index is 0.149. The van der Waals surface area contributed by atoms with Crippen molar-refractivity contribution in [1.29, 1.82) is 0 Å². The van der Waals surface area contributed by atoms with E-state index in [-0.39, 0.29) is 5.91 Å². The van der Waals surface area contributed by atoms with E-state index in [0.717, 1.165) is 29.1 Å². The Morgan fingerprint density at radius 2 is 2.04 bits per heavy atom. The topological polar surface area (TPSA) is 51.0 Å². The number of rotatable bonds is 5. The van der Waals surface area contributed by atoms with Gasteiger partial charge in [0.15, 0.2) is 0 Å². The molecule has 0 radical (unpaired) electrons. The van der Waals surface area contributed by atoms with E-state index in [9.17, 15) is 4.79 Å². The summed E-state index contributed by atoms with van der Waals surface area (Å²) in [6, 6.07) is 8.24. The summed E-state index contributed by atoms with van der Waals surface area (Å²) in [5, 5.41) is 1.99. The second-order valence-corrected chi connectivity index (χ2v) is 6.15. The number of hydrogen-bond acceptors (Lipinski definition) is 4. The molecule has 2 aromatic heterocycles. The monoisotopic (exact) mass is 326 g/mol. The molecule has 0 saturated carbocycles. The second kappa shape index (κ2) is 6.75. The Morgan fingerprint density at radius 1 is 1.26 bits per heavy atom. The molecule has 1 aromatic carbocycles. The summed E-state index contributed by atoms with van der Waals surface area (Å²) in [6.07, 6.45) is 6.84. The zero-order valence-corrected chi connectivity index (χ0v) is 14.0. The van der Waals surface area contributed by atoms with Gasteiger partial charge in [0.25, 0.3) is 0 Å². The molecule has 1 amide bonds. The number of aryl methyl sites for hydroxylation is 1. The van der Waals surface area contributed by atoms with Gasteiger partial charge in [-0.25, -0.2) is 9.36 Å². The first-order valence-electron chi connectivity index (χ1n) is 7.38. The van der Waals surface area contributed by atoms with E-state index in [4.69, 9.17) is 0 Å². The highest BCUT2D eigenvalue weighted by atomic mass is 32.1. The Kier molecular flexibility index (Phi) is 4.52. The van der Waals surface area contributed by atoms with Crippen LogP contribution in [0.25, 0.3) is 17.1 Å². The molecule has 5 nitrogen and oxygen atoms in total. The quantitative estimate of drug-likeness (QED) is 0.724. The Bertz CT molecular complexity index is 775. The smallest absolute Gasteiger partial charge is 0.222 e. The van der Waals surface area contributed by atoms with Crippen molar-refractivity contribution in [2.75, 3.05) is 14.1 Å². The maximum Gasteiger partial charge on any atom is 0.222 e. The van der Waals surface area contributed by atoms with E-state index in [1.165, 1.54) is 11.5 Å². The van der Waals surface area contributed by atoms with Gasteiger partial charge in [0.1, 0.15) is 5.82 Å². The minimum absolute atomic E-state index is 0.149. The summed E-state index contributed by atoms with van der Waals surface area (Å²) in [7, 11) is 3.57. The van der Waals surface area contributed by atoms with Crippen molar-refractivity contribution in [1.82, 2.24) is 18.8 Å². The van der Waals surface area contributed by atoms with E-state index >= 15 is 0 Å². The molecule has 3 aromatic rings. The van der Waals surface area contributed by atoms with Gasteiger partial charge in [0.05, 0.1) is 6.20 Å². The van der Waals surface area contributed by atoms with Crippen LogP contribution in [0.2, 0.25) is 0 Å². The predicted molar refractivity (Wildman–Crippen MR) is 91.7 cm³/mol. The lowest BCUT2D eigenvalue weighted by atomic mass is 10.1. The van der Waals surface area contributed by atoms with Crippen molar-refractivity contribution in [2.45, 2.75) is 12.8 Å². The fourth-order valence-electron chi connectivity index (χ4n) is 2.34. The van der Waals surface area contributed by atoms with Crippen LogP contribution in [0, 0.1) is 0 Å². The summed E-state index contributed by atoms with van der Waals surface area (Å²) in [4.78, 5) is 17.7. The van der Waals surface area contributed by atoms with Crippen molar-refractivity contribution >= 4 is 17.4 Å². The van der Waals surface area contributed by atoms with E-state index in [0.29, 0.717) is 6.42 Å². The van der Waals surface area contributed by atoms with Crippen LogP contribution in [-0.2, 0) is 11.2 Å². The van der Waals surface area contributed by atoms with Gasteiger partial charge in [0.2, 0.25) is 5.91 Å². The summed E-state index contributed by atoms with van der Waals surface area (Å²) >= 11 is 1.42. The third kappa shape index (κ3) is 3.48. The van der Waals surface area contributed by atoms with E-state index in [2.05, 4.69) is 33.6 Å². The lowest BCUT2D eigenvalue weighted by molar-refractivity contribution is -0.128. The maximum atomic E-state index is 11.7. The van der Waals surface area contributed by atoms with E-state index < -0.39 is 0 Å². The SMILES string of the molecule is CN(C)C(=O)CCc1ccc(-n2ccnc2-c2cnsc2)cc1. The summed E-state index contributed by atoms with van der Waals surface area (Å²) < 4.78 is 6.17. The second-order valence-electron chi connectivity index (χ2n) is 5.49. The Hall–Kier alpha value is -2.47. The number of carbonyl (C=O) groups is 1. The van der Waals surface area contributed by atoms with Gasteiger partial charge in [-0.3, -0.25) is 9.36 Å². The maximum absolute atomic E-state index is 11.7. The van der Waals surface area contributed by atoms with Gasteiger partial charge < -0.3 is 4.90 Å². The van der Waals surface area contributed by atoms with Gasteiger partial charge >= 0.3 is 0 Å². The number of imidazole rings is 1. The van der Waals surface area contributed by atoms with Crippen LogP contribution in [0.15, 0.2) is 48.2 Å². The molecule has 0 N–H and O–H groups in total. The van der Waals surface area contributed by atoms with Gasteiger partial charge in [0, 0.05) is 49.5 Å². The molecule has 0 aliphatic heterocycles. The van der Waals surface area contributed by atoms with Gasteiger partial charge in [-0.05, 0) is 35.6 Å². The van der Waals surface area contributed by atoms with Crippen molar-refractivity contribution in [2.24, 2.45) is 0 Å². The average molecular weight is 326 g/mol. The van der Waals surface area contributed by atoms with E-state index in [1.807, 2.05) is 22.3 Å². The zero-order chi connectivity index (χ0) is 16.2. The van der Waals surface area contributed by atoms with Gasteiger partial charge in [-0.15, -0.1) is 0 Å². The van der Waals surface area contributed by atoms with Gasteiger partial charge in [-0.2, -0.15) is 0 Å². The number of hydrogen-bond donors (Lipinski definition) is 0. The minimum Gasteiger partial charge on any atom is -0.349 e. The lowest BCUT2D eigenvalue weighted by Crippen LogP contribution is -2.21. The molecule has 0 bridgehead atoms. The van der Waals surface area contributed by atoms with Crippen molar-refractivity contribution in [3.63, 3.8) is 0 Å². The summed E-state index contributed by atoms with van der Waals surface area (Å²) in [5.41, 5.74) is 3.22. The first kappa shape index (κ1) is 15.4. The first-order valence-corrected chi connectivity index (χ1v) is 8.21. The van der Waals surface area contributed by atoms with Crippen LogP contribution in [0.1, 0.15) is 12.0 Å². The average Bonchev–Trinajstić information content (AvgIpc) is 3.23. The molecule has 0 spiro atoms. The third-order valence-electron chi connectivity index (χ3n) is 3.67. The number of aromatic nitrogens is 3. The predicted octanol–water partition coefficient (Wildman–Crippen LogP) is 3.02. The standard InChI is InChI=1S/C17H18N4OS/c1-20(2)16(22)8-5-13-3-6-15(7-4-13)21-10-9-18-17(21)14-11-19-23-12-14/h3-4,6-7,9-12H,5,8H2,1-2H3. The van der Waals surface area contributed by atoms with Crippen molar-refractivity contribution < 1.29 is 4.79 Å². The molecular weight excluding hydrogens is 308 g/mol. The van der Waals surface area contributed by atoms with Gasteiger partial charge in [-0.1, -0.05) is 12.1 Å². The molecular formula is C17H18N4OS. The lowest BCUT2D eigenvalue weighted by Gasteiger charge is -2.10. The van der Waals surface area contributed by atoms with Crippen LogP contribution in [0.5, 0.6) is 0 Å². The number of carbonyl (C=O) groups excluding carboxylic acids is 1. The molecule has 3 rings (SSSR count). The fraction of sp³-hybridized carbons (Fsp3) is 0.235. The molecule has 23 heavy (non-hydrogen) atoms. The molecule has 0 fully saturated rings. The van der Waals surface area contributed by atoms with Crippen LogP contribution >= 0.6 is 11.5 Å². The Labute approximate surface area is 139 Å². The zero-order valence-electron chi connectivity index (χ0n) is 13.1. The normalized spacial score (nSPS) is 10.7. The molecule has 2 heterocycles. The van der Waals surface area contributed by atoms with Crippen molar-refractivity contribution in [3.8, 4) is 17.1 Å². The number of benzene rings is 1. The Morgan fingerprint density at radius 3 is 2.70 bits per heavy atom. The van der Waals surface area contributed by atoms with E-state index in [1.54, 1.807) is 25.2 Å². The Balaban J connectivity index is 1.76. The molecule has 118 valence electrons. The third-order valence-corrected chi connectivity index (χ3v) is 4.26. The molecule has 0 atom stereocenters. The van der Waals surface area contributed by atoms with Crippen LogP contribution in [-0.4, -0.2) is 38.8 Å². The summed E-state index contributed by atoms with van der Waals surface area (Å²) in [5.74, 6) is 1.03. The van der Waals surface area contributed by atoms with Crippen LogP contribution < -0.4 is 0 Å². The molecule has 0 unspecified atom stereocenters. The highest BCUT2D eigenvalue weighted by Crippen LogP contribution is 2.22. The highest BCUT2D eigenvalue weighted by molar-refractivity contribution is 7.03. The molecule has 0 aliphatic carbocycles. The molecule has 0 aliphatic rings. The first-order chi connectivity index (χ1) is 11.1. The number of amides is 1. The fourth-order valence-corrected chi connectivity index (χ4v) is 2.85. The largest absolute Gasteiger partial charge is 0.349 e. The number of nitrogens with zero attached hydrogens (tertiary/aromatic N) is 4. The molecule has 0 saturated heterocycles. The van der Waals surface area contributed by atoms with Crippen LogP contribution in [0.4, 0.5) is 0 Å². The highest BCUT2D eigenvalue weighted by Gasteiger charge is 2.09. The van der Waals surface area contributed by atoms with Crippen molar-refractivity contribution in [3.05, 3.63) is 53.8 Å². The molecule has 6 heteroatoms. The van der Waals surface area contributed by atoms with Crippen LogP contribution in [0.3, 0.4) is 0 Å².